The molecule has 2 fully saturated rings. The Kier molecular flexibility index (Phi) is 2.49. The van der Waals surface area contributed by atoms with E-state index in [2.05, 4.69) is 6.58 Å². The zero-order valence-corrected chi connectivity index (χ0v) is 7.87. The number of hydrogen-bond acceptors (Lipinski definition) is 2. The number of hydrogen-bond donors (Lipinski definition) is 0. The molecule has 0 aromatic rings. The van der Waals surface area contributed by atoms with Crippen LogP contribution in [0.3, 0.4) is 0 Å². The third-order valence-electron chi connectivity index (χ3n) is 3.05. The van der Waals surface area contributed by atoms with Crippen molar-refractivity contribution in [3.63, 3.8) is 0 Å². The number of rotatable bonds is 4. The Morgan fingerprint density at radius 3 is 3.00 bits per heavy atom. The van der Waals surface area contributed by atoms with E-state index in [1.54, 1.807) is 0 Å². The highest BCUT2D eigenvalue weighted by atomic mass is 16.6. The van der Waals surface area contributed by atoms with Gasteiger partial charge in [-0.3, -0.25) is 4.79 Å². The van der Waals surface area contributed by atoms with Crippen molar-refractivity contribution < 1.29 is 9.53 Å². The lowest BCUT2D eigenvalue weighted by molar-refractivity contribution is -0.123. The monoisotopic (exact) mass is 180 g/mol. The molecule has 0 amide bonds. The molecule has 0 N–H and O–H groups in total. The van der Waals surface area contributed by atoms with Crippen LogP contribution in [0.2, 0.25) is 0 Å². The van der Waals surface area contributed by atoms with Crippen molar-refractivity contribution in [3.05, 3.63) is 12.7 Å². The van der Waals surface area contributed by atoms with Crippen LogP contribution in [0.15, 0.2) is 12.7 Å². The summed E-state index contributed by atoms with van der Waals surface area (Å²) < 4.78 is 5.39. The summed E-state index contributed by atoms with van der Waals surface area (Å²) >= 11 is 0. The smallest absolute Gasteiger partial charge is 0.136 e. The highest BCUT2D eigenvalue weighted by molar-refractivity contribution is 5.81. The first-order valence-corrected chi connectivity index (χ1v) is 5.10. The summed E-state index contributed by atoms with van der Waals surface area (Å²) in [6.07, 6.45) is 7.34. The number of Topliss-reactive ketones (excluding diaryl/α,β-unsaturated/α-hetero) is 1. The third kappa shape index (κ3) is 1.99. The van der Waals surface area contributed by atoms with Gasteiger partial charge in [-0.25, -0.2) is 0 Å². The van der Waals surface area contributed by atoms with Crippen molar-refractivity contribution >= 4 is 5.78 Å². The molecule has 0 spiro atoms. The van der Waals surface area contributed by atoms with Crippen LogP contribution in [0.1, 0.15) is 32.1 Å². The first-order valence-electron chi connectivity index (χ1n) is 5.10. The van der Waals surface area contributed by atoms with Gasteiger partial charge in [-0.1, -0.05) is 6.08 Å². The van der Waals surface area contributed by atoms with Crippen LogP contribution in [0.25, 0.3) is 0 Å². The van der Waals surface area contributed by atoms with Crippen molar-refractivity contribution in [1.29, 1.82) is 0 Å². The summed E-state index contributed by atoms with van der Waals surface area (Å²) in [5.74, 6) is 0.692. The maximum absolute atomic E-state index is 11.6. The van der Waals surface area contributed by atoms with E-state index >= 15 is 0 Å². The molecular formula is C11H16O2. The molecule has 2 heteroatoms. The van der Waals surface area contributed by atoms with Gasteiger partial charge < -0.3 is 4.74 Å². The summed E-state index contributed by atoms with van der Waals surface area (Å²) in [6, 6.07) is 0. The predicted molar refractivity (Wildman–Crippen MR) is 50.4 cm³/mol. The SMILES string of the molecule is C=CCCC(=O)C1CCC2OC2C1. The molecule has 1 aliphatic carbocycles. The molecule has 1 saturated carbocycles. The summed E-state index contributed by atoms with van der Waals surface area (Å²) in [7, 11) is 0. The first-order chi connectivity index (χ1) is 6.31. The zero-order valence-electron chi connectivity index (χ0n) is 7.87. The van der Waals surface area contributed by atoms with E-state index in [0.29, 0.717) is 24.4 Å². The first kappa shape index (κ1) is 8.95. The second kappa shape index (κ2) is 3.62. The lowest BCUT2D eigenvalue weighted by Gasteiger charge is -2.16. The highest BCUT2D eigenvalue weighted by Crippen LogP contribution is 2.40. The lowest BCUT2D eigenvalue weighted by Crippen LogP contribution is -2.21. The summed E-state index contributed by atoms with van der Waals surface area (Å²) in [5, 5.41) is 0. The average Bonchev–Trinajstić information content (AvgIpc) is 2.91. The number of epoxide rings is 1. The van der Waals surface area contributed by atoms with Crippen LogP contribution in [-0.2, 0) is 9.53 Å². The van der Waals surface area contributed by atoms with Crippen LogP contribution in [-0.4, -0.2) is 18.0 Å². The molecule has 3 unspecified atom stereocenters. The lowest BCUT2D eigenvalue weighted by atomic mass is 9.85. The Hall–Kier alpha value is -0.630. The molecule has 0 aromatic carbocycles. The van der Waals surface area contributed by atoms with Gasteiger partial charge in [0.15, 0.2) is 0 Å². The van der Waals surface area contributed by atoms with Gasteiger partial charge in [0, 0.05) is 12.3 Å². The van der Waals surface area contributed by atoms with E-state index in [4.69, 9.17) is 4.74 Å². The van der Waals surface area contributed by atoms with E-state index < -0.39 is 0 Å². The standard InChI is InChI=1S/C11H16O2/c1-2-3-4-9(12)8-5-6-10-11(7-8)13-10/h2,8,10-11H,1,3-7H2. The van der Waals surface area contributed by atoms with E-state index in [9.17, 15) is 4.79 Å². The van der Waals surface area contributed by atoms with Gasteiger partial charge in [-0.15, -0.1) is 6.58 Å². The Morgan fingerprint density at radius 1 is 1.46 bits per heavy atom. The number of carbonyl (C=O) groups excluding carboxylic acids is 1. The van der Waals surface area contributed by atoms with Crippen LogP contribution < -0.4 is 0 Å². The summed E-state index contributed by atoms with van der Waals surface area (Å²) in [4.78, 5) is 11.6. The van der Waals surface area contributed by atoms with Gasteiger partial charge in [-0.2, -0.15) is 0 Å². The molecule has 1 saturated heterocycles. The van der Waals surface area contributed by atoms with E-state index in [1.165, 1.54) is 0 Å². The summed E-state index contributed by atoms with van der Waals surface area (Å²) in [6.45, 7) is 3.62. The average molecular weight is 180 g/mol. The topological polar surface area (TPSA) is 29.6 Å². The third-order valence-corrected chi connectivity index (χ3v) is 3.05. The highest BCUT2D eigenvalue weighted by Gasteiger charge is 2.45. The minimum absolute atomic E-state index is 0.281. The van der Waals surface area contributed by atoms with Crippen molar-refractivity contribution in [1.82, 2.24) is 0 Å². The van der Waals surface area contributed by atoms with Crippen LogP contribution in [0, 0.1) is 5.92 Å². The van der Waals surface area contributed by atoms with Crippen molar-refractivity contribution in [2.75, 3.05) is 0 Å². The van der Waals surface area contributed by atoms with Gasteiger partial charge in [0.25, 0.3) is 0 Å². The Morgan fingerprint density at radius 2 is 2.31 bits per heavy atom. The van der Waals surface area contributed by atoms with Gasteiger partial charge in [-0.05, 0) is 25.7 Å². The minimum atomic E-state index is 0.281. The molecule has 1 aliphatic heterocycles. The van der Waals surface area contributed by atoms with Crippen LogP contribution in [0.5, 0.6) is 0 Å². The Balaban J connectivity index is 1.78. The molecule has 2 nitrogen and oxygen atoms in total. The molecule has 2 aliphatic rings. The van der Waals surface area contributed by atoms with Gasteiger partial charge in [0.05, 0.1) is 12.2 Å². The van der Waals surface area contributed by atoms with E-state index in [-0.39, 0.29) is 5.92 Å². The fourth-order valence-electron chi connectivity index (χ4n) is 2.15. The fourth-order valence-corrected chi connectivity index (χ4v) is 2.15. The number of ether oxygens (including phenoxy) is 1. The van der Waals surface area contributed by atoms with Gasteiger partial charge in [0.2, 0.25) is 0 Å². The molecule has 0 radical (unpaired) electrons. The zero-order chi connectivity index (χ0) is 9.26. The predicted octanol–water partition coefficient (Wildman–Crippen LogP) is 2.09. The molecule has 72 valence electrons. The normalized spacial score (nSPS) is 36.5. The van der Waals surface area contributed by atoms with Crippen LogP contribution >= 0.6 is 0 Å². The molecule has 0 bridgehead atoms. The molecule has 13 heavy (non-hydrogen) atoms. The molecule has 1 heterocycles. The largest absolute Gasteiger partial charge is 0.370 e. The van der Waals surface area contributed by atoms with E-state index in [0.717, 1.165) is 25.7 Å². The second-order valence-electron chi connectivity index (χ2n) is 4.02. The number of ketones is 1. The fraction of sp³-hybridized carbons (Fsp3) is 0.727. The van der Waals surface area contributed by atoms with Crippen LogP contribution in [0.4, 0.5) is 0 Å². The van der Waals surface area contributed by atoms with Crippen molar-refractivity contribution in [2.24, 2.45) is 5.92 Å². The summed E-state index contributed by atoms with van der Waals surface area (Å²) in [5.41, 5.74) is 0. The maximum Gasteiger partial charge on any atom is 0.136 e. The molecular weight excluding hydrogens is 164 g/mol. The van der Waals surface area contributed by atoms with Crippen molar-refractivity contribution in [3.8, 4) is 0 Å². The van der Waals surface area contributed by atoms with E-state index in [1.807, 2.05) is 6.08 Å². The molecule has 0 aromatic heterocycles. The number of carbonyl (C=O) groups is 1. The molecule has 2 rings (SSSR count). The number of fused-ring (bicyclic) bond motifs is 1. The maximum atomic E-state index is 11.6. The minimum Gasteiger partial charge on any atom is -0.370 e. The van der Waals surface area contributed by atoms with Gasteiger partial charge >= 0.3 is 0 Å². The number of allylic oxidation sites excluding steroid dienone is 1. The Bertz CT molecular complexity index is 222. The van der Waals surface area contributed by atoms with Gasteiger partial charge in [0.1, 0.15) is 5.78 Å². The second-order valence-corrected chi connectivity index (χ2v) is 4.02. The quantitative estimate of drug-likeness (QED) is 0.489. The Labute approximate surface area is 79.0 Å². The molecule has 3 atom stereocenters. The van der Waals surface area contributed by atoms with Crippen molar-refractivity contribution in [2.45, 2.75) is 44.3 Å².